The first kappa shape index (κ1) is 16.0. The second kappa shape index (κ2) is 6.35. The highest BCUT2D eigenvalue weighted by molar-refractivity contribution is 5.50. The van der Waals surface area contributed by atoms with Crippen LogP contribution in [-0.4, -0.2) is 10.2 Å². The average Bonchev–Trinajstić information content (AvgIpc) is 3.08. The van der Waals surface area contributed by atoms with Gasteiger partial charge >= 0.3 is 6.18 Å². The number of halogens is 4. The summed E-state index contributed by atoms with van der Waals surface area (Å²) in [6, 6.07) is 9.98. The van der Waals surface area contributed by atoms with Gasteiger partial charge in [0.05, 0.1) is 17.8 Å². The summed E-state index contributed by atoms with van der Waals surface area (Å²) in [5, 5.41) is 9.42. The summed E-state index contributed by atoms with van der Waals surface area (Å²) in [5.74, 6) is -0.420. The van der Waals surface area contributed by atoms with Crippen molar-refractivity contribution in [2.45, 2.75) is 12.2 Å². The molecule has 0 fully saturated rings. The van der Waals surface area contributed by atoms with Crippen LogP contribution in [0.1, 0.15) is 22.7 Å². The van der Waals surface area contributed by atoms with Crippen LogP contribution in [0.3, 0.4) is 0 Å². The maximum atomic E-state index is 13.3. The fourth-order valence-electron chi connectivity index (χ4n) is 2.48. The van der Waals surface area contributed by atoms with Crippen molar-refractivity contribution in [3.8, 4) is 0 Å². The van der Waals surface area contributed by atoms with E-state index >= 15 is 0 Å². The lowest BCUT2D eigenvalue weighted by Crippen LogP contribution is -2.18. The highest BCUT2D eigenvalue weighted by Crippen LogP contribution is 2.37. The van der Waals surface area contributed by atoms with Crippen molar-refractivity contribution in [1.29, 1.82) is 0 Å². The molecule has 24 heavy (non-hydrogen) atoms. The van der Waals surface area contributed by atoms with Gasteiger partial charge in [-0.25, -0.2) is 4.39 Å². The molecule has 0 aliphatic carbocycles. The molecule has 3 rings (SSSR count). The van der Waals surface area contributed by atoms with Gasteiger partial charge in [0.25, 0.3) is 0 Å². The van der Waals surface area contributed by atoms with E-state index in [1.165, 1.54) is 48.8 Å². The van der Waals surface area contributed by atoms with Gasteiger partial charge < -0.3 is 5.32 Å². The molecule has 3 nitrogen and oxygen atoms in total. The second-order valence-electron chi connectivity index (χ2n) is 5.20. The van der Waals surface area contributed by atoms with Gasteiger partial charge in [-0.3, -0.25) is 5.10 Å². The summed E-state index contributed by atoms with van der Waals surface area (Å²) in [4.78, 5) is 0. The fraction of sp³-hybridized carbons (Fsp3) is 0.118. The van der Waals surface area contributed by atoms with Gasteiger partial charge in [-0.2, -0.15) is 18.3 Å². The van der Waals surface area contributed by atoms with E-state index < -0.39 is 23.6 Å². The maximum Gasteiger partial charge on any atom is 0.416 e. The normalized spacial score (nSPS) is 12.8. The average molecular weight is 335 g/mol. The molecule has 0 amide bonds. The molecule has 124 valence electrons. The number of aromatic amines is 1. The number of H-pyrrole nitrogens is 1. The molecular weight excluding hydrogens is 322 g/mol. The van der Waals surface area contributed by atoms with Crippen LogP contribution in [0.2, 0.25) is 0 Å². The predicted octanol–water partition coefficient (Wildman–Crippen LogP) is 4.77. The third-order valence-corrected chi connectivity index (χ3v) is 3.59. The Morgan fingerprint density at radius 1 is 1.00 bits per heavy atom. The zero-order chi connectivity index (χ0) is 17.2. The van der Waals surface area contributed by atoms with Crippen LogP contribution in [-0.2, 0) is 6.18 Å². The van der Waals surface area contributed by atoms with Crippen molar-refractivity contribution in [1.82, 2.24) is 10.2 Å². The van der Waals surface area contributed by atoms with E-state index in [4.69, 9.17) is 0 Å². The van der Waals surface area contributed by atoms with Crippen LogP contribution in [0.5, 0.6) is 0 Å². The largest absolute Gasteiger partial charge is 0.416 e. The van der Waals surface area contributed by atoms with E-state index in [1.807, 2.05) is 0 Å². The van der Waals surface area contributed by atoms with Crippen LogP contribution >= 0.6 is 0 Å². The Bertz CT molecular complexity index is 795. The Kier molecular flexibility index (Phi) is 4.24. The zero-order valence-corrected chi connectivity index (χ0v) is 12.3. The van der Waals surface area contributed by atoms with Crippen molar-refractivity contribution < 1.29 is 17.6 Å². The first-order chi connectivity index (χ1) is 11.4. The van der Waals surface area contributed by atoms with Crippen LogP contribution < -0.4 is 5.32 Å². The summed E-state index contributed by atoms with van der Waals surface area (Å²) in [7, 11) is 0. The van der Waals surface area contributed by atoms with Gasteiger partial charge in [0.2, 0.25) is 0 Å². The Balaban J connectivity index is 2.05. The smallest absolute Gasteiger partial charge is 0.374 e. The molecule has 1 unspecified atom stereocenters. The van der Waals surface area contributed by atoms with E-state index in [2.05, 4.69) is 15.5 Å². The lowest BCUT2D eigenvalue weighted by molar-refractivity contribution is -0.138. The van der Waals surface area contributed by atoms with Gasteiger partial charge in [-0.1, -0.05) is 18.2 Å². The van der Waals surface area contributed by atoms with Gasteiger partial charge in [-0.05, 0) is 35.9 Å². The Hall–Kier alpha value is -2.83. The topological polar surface area (TPSA) is 40.7 Å². The number of hydrogen-bond acceptors (Lipinski definition) is 2. The minimum absolute atomic E-state index is 0.0655. The number of hydrogen-bond donors (Lipinski definition) is 2. The highest BCUT2D eigenvalue weighted by atomic mass is 19.4. The Labute approximate surface area is 135 Å². The summed E-state index contributed by atoms with van der Waals surface area (Å²) in [5.41, 5.74) is 0.372. The molecule has 1 aromatic heterocycles. The van der Waals surface area contributed by atoms with E-state index in [0.29, 0.717) is 11.3 Å². The van der Waals surface area contributed by atoms with Crippen LogP contribution in [0.4, 0.5) is 23.2 Å². The van der Waals surface area contributed by atoms with Crippen LogP contribution in [0, 0.1) is 5.82 Å². The number of anilines is 1. The number of rotatable bonds is 4. The van der Waals surface area contributed by atoms with Gasteiger partial charge in [0.1, 0.15) is 5.82 Å². The molecule has 7 heteroatoms. The third-order valence-electron chi connectivity index (χ3n) is 3.59. The number of alkyl halides is 3. The number of aromatic nitrogens is 2. The number of benzene rings is 2. The third kappa shape index (κ3) is 3.40. The van der Waals surface area contributed by atoms with E-state index in [-0.39, 0.29) is 5.56 Å². The molecule has 2 N–H and O–H groups in total. The first-order valence-corrected chi connectivity index (χ1v) is 7.12. The van der Waals surface area contributed by atoms with Crippen molar-refractivity contribution in [2.75, 3.05) is 5.32 Å². The van der Waals surface area contributed by atoms with Crippen molar-refractivity contribution in [3.63, 3.8) is 0 Å². The zero-order valence-electron chi connectivity index (χ0n) is 12.3. The molecule has 0 radical (unpaired) electrons. The minimum atomic E-state index is -4.48. The van der Waals surface area contributed by atoms with Crippen molar-refractivity contribution in [3.05, 3.63) is 83.4 Å². The van der Waals surface area contributed by atoms with Gasteiger partial charge in [0, 0.05) is 17.4 Å². The summed E-state index contributed by atoms with van der Waals surface area (Å²) >= 11 is 0. The molecule has 3 aromatic rings. The molecule has 1 heterocycles. The molecule has 0 spiro atoms. The predicted molar refractivity (Wildman–Crippen MR) is 81.9 cm³/mol. The maximum absolute atomic E-state index is 13.3. The lowest BCUT2D eigenvalue weighted by Gasteiger charge is -2.23. The molecule has 0 saturated heterocycles. The SMILES string of the molecule is Fc1ccc(NC(c2cn[nH]c2)c2ccccc2C(F)(F)F)cc1. The van der Waals surface area contributed by atoms with Crippen LogP contribution in [0.25, 0.3) is 0 Å². The first-order valence-electron chi connectivity index (χ1n) is 7.12. The molecular formula is C17H13F4N3. The Morgan fingerprint density at radius 3 is 2.33 bits per heavy atom. The summed E-state index contributed by atoms with van der Waals surface area (Å²) in [6.07, 6.45) is -1.51. The molecule has 1 atom stereocenters. The minimum Gasteiger partial charge on any atom is -0.374 e. The fourth-order valence-corrected chi connectivity index (χ4v) is 2.48. The highest BCUT2D eigenvalue weighted by Gasteiger charge is 2.35. The molecule has 0 aliphatic heterocycles. The molecule has 0 aliphatic rings. The molecule has 2 aromatic carbocycles. The second-order valence-corrected chi connectivity index (χ2v) is 5.20. The monoisotopic (exact) mass is 335 g/mol. The quantitative estimate of drug-likeness (QED) is 0.674. The van der Waals surface area contributed by atoms with Crippen molar-refractivity contribution >= 4 is 5.69 Å². The summed E-state index contributed by atoms with van der Waals surface area (Å²) < 4.78 is 53.1. The standard InChI is InChI=1S/C17H13F4N3/c18-12-5-7-13(8-6-12)24-16(11-9-22-23-10-11)14-3-1-2-4-15(14)17(19,20)21/h1-10,16,24H,(H,22,23). The van der Waals surface area contributed by atoms with E-state index in [0.717, 1.165) is 6.07 Å². The van der Waals surface area contributed by atoms with Gasteiger partial charge in [0.15, 0.2) is 0 Å². The van der Waals surface area contributed by atoms with E-state index in [9.17, 15) is 17.6 Å². The lowest BCUT2D eigenvalue weighted by atomic mass is 9.95. The Morgan fingerprint density at radius 2 is 1.71 bits per heavy atom. The van der Waals surface area contributed by atoms with E-state index in [1.54, 1.807) is 6.07 Å². The van der Waals surface area contributed by atoms with Gasteiger partial charge in [-0.15, -0.1) is 0 Å². The number of nitrogens with zero attached hydrogens (tertiary/aromatic N) is 1. The van der Waals surface area contributed by atoms with Crippen LogP contribution in [0.15, 0.2) is 60.9 Å². The number of nitrogens with one attached hydrogen (secondary N) is 2. The molecule has 0 saturated carbocycles. The molecule has 0 bridgehead atoms. The van der Waals surface area contributed by atoms with Crippen molar-refractivity contribution in [2.24, 2.45) is 0 Å². The summed E-state index contributed by atoms with van der Waals surface area (Å²) in [6.45, 7) is 0.